The first kappa shape index (κ1) is 26.3. The highest BCUT2D eigenvalue weighted by atomic mass is 32.2. The summed E-state index contributed by atoms with van der Waals surface area (Å²) < 4.78 is 33.3. The zero-order chi connectivity index (χ0) is 26.0. The summed E-state index contributed by atoms with van der Waals surface area (Å²) in [6.45, 7) is 8.50. The van der Waals surface area contributed by atoms with Gasteiger partial charge in [-0.25, -0.2) is 13.1 Å². The molecule has 3 aromatic rings. The lowest BCUT2D eigenvalue weighted by Crippen LogP contribution is -2.42. The van der Waals surface area contributed by atoms with Crippen molar-refractivity contribution in [3.05, 3.63) is 58.1 Å². The maximum Gasteiger partial charge on any atom is 0.306 e. The Balaban J connectivity index is 1.77. The summed E-state index contributed by atoms with van der Waals surface area (Å²) in [5.41, 5.74) is 6.27. The minimum absolute atomic E-state index is 0.181. The van der Waals surface area contributed by atoms with Gasteiger partial charge in [0.1, 0.15) is 5.52 Å². The Morgan fingerprint density at radius 3 is 2.58 bits per heavy atom. The number of hydrogen-bond acceptors (Lipinski definition) is 6. The van der Waals surface area contributed by atoms with Crippen molar-refractivity contribution in [2.45, 2.75) is 77.8 Å². The Hall–Kier alpha value is -2.78. The number of nitrogens with zero attached hydrogens (tertiary/aromatic N) is 4. The Kier molecular flexibility index (Phi) is 7.80. The second-order valence-electron chi connectivity index (χ2n) is 10.1. The predicted octanol–water partition coefficient (Wildman–Crippen LogP) is 4.33. The standard InChI is InChI=1S/C27H36N4O4S/c1-6-35-25(32)16-23(22-11-12-24-26(19(22)3)28-29-30(24)5)20-10-9-18(2)21(15-20)17-31(36(33)34)27(4)13-7-8-14-27/h9-12,15,23,36H,6-8,13-14,16-17H2,1-5H3. The van der Waals surface area contributed by atoms with Crippen molar-refractivity contribution in [3.63, 3.8) is 0 Å². The second kappa shape index (κ2) is 10.7. The van der Waals surface area contributed by atoms with E-state index in [1.807, 2.05) is 52.1 Å². The molecule has 9 heteroatoms. The Labute approximate surface area is 214 Å². The number of benzene rings is 2. The lowest BCUT2D eigenvalue weighted by atomic mass is 9.84. The van der Waals surface area contributed by atoms with Crippen LogP contribution in [0.2, 0.25) is 0 Å². The SMILES string of the molecule is CCOC(=O)CC(c1ccc(C)c(CN([SH](=O)=O)C2(C)CCCC2)c1)c1ccc2c(nnn2C)c1C. The summed E-state index contributed by atoms with van der Waals surface area (Å²) >= 11 is 0. The van der Waals surface area contributed by atoms with Gasteiger partial charge in [0, 0.05) is 25.0 Å². The number of carbonyl (C=O) groups excluding carboxylic acids is 1. The average Bonchev–Trinajstić information content (AvgIpc) is 3.44. The van der Waals surface area contributed by atoms with Crippen LogP contribution in [0, 0.1) is 13.8 Å². The number of esters is 1. The normalized spacial score (nSPS) is 16.2. The van der Waals surface area contributed by atoms with Crippen LogP contribution in [0.1, 0.15) is 79.7 Å². The molecule has 1 aromatic heterocycles. The van der Waals surface area contributed by atoms with E-state index in [1.165, 1.54) is 0 Å². The average molecular weight is 513 g/mol. The molecular weight excluding hydrogens is 476 g/mol. The molecule has 0 spiro atoms. The molecule has 1 unspecified atom stereocenters. The first-order valence-corrected chi connectivity index (χ1v) is 13.7. The second-order valence-corrected chi connectivity index (χ2v) is 11.1. The molecule has 1 saturated carbocycles. The zero-order valence-electron chi connectivity index (χ0n) is 21.8. The van der Waals surface area contributed by atoms with Gasteiger partial charge in [0.15, 0.2) is 0 Å². The van der Waals surface area contributed by atoms with Crippen molar-refractivity contribution in [1.82, 2.24) is 19.3 Å². The van der Waals surface area contributed by atoms with Crippen molar-refractivity contribution >= 4 is 27.9 Å². The van der Waals surface area contributed by atoms with Gasteiger partial charge in [-0.3, -0.25) is 4.79 Å². The van der Waals surface area contributed by atoms with Crippen molar-refractivity contribution in [2.24, 2.45) is 7.05 Å². The fraction of sp³-hybridized carbons (Fsp3) is 0.519. The molecule has 0 saturated heterocycles. The molecule has 1 fully saturated rings. The third-order valence-corrected chi connectivity index (χ3v) is 8.75. The van der Waals surface area contributed by atoms with E-state index in [1.54, 1.807) is 15.9 Å². The van der Waals surface area contributed by atoms with Crippen LogP contribution < -0.4 is 0 Å². The molecule has 0 radical (unpaired) electrons. The van der Waals surface area contributed by atoms with Crippen molar-refractivity contribution in [1.29, 1.82) is 0 Å². The predicted molar refractivity (Wildman–Crippen MR) is 140 cm³/mol. The van der Waals surface area contributed by atoms with Crippen LogP contribution in [0.5, 0.6) is 0 Å². The third-order valence-electron chi connectivity index (χ3n) is 7.73. The smallest absolute Gasteiger partial charge is 0.306 e. The summed E-state index contributed by atoms with van der Waals surface area (Å²) in [5.74, 6) is -0.530. The summed E-state index contributed by atoms with van der Waals surface area (Å²) in [4.78, 5) is 12.7. The number of hydrogen-bond donors (Lipinski definition) is 1. The maximum atomic E-state index is 12.7. The topological polar surface area (TPSA) is 94.4 Å². The lowest BCUT2D eigenvalue weighted by molar-refractivity contribution is -0.143. The highest BCUT2D eigenvalue weighted by Crippen LogP contribution is 2.38. The molecule has 36 heavy (non-hydrogen) atoms. The molecule has 0 amide bonds. The number of rotatable bonds is 9. The molecule has 0 N–H and O–H groups in total. The van der Waals surface area contributed by atoms with Crippen LogP contribution >= 0.6 is 0 Å². The Morgan fingerprint density at radius 2 is 1.92 bits per heavy atom. The van der Waals surface area contributed by atoms with Crippen LogP contribution in [0.4, 0.5) is 0 Å². The summed E-state index contributed by atoms with van der Waals surface area (Å²) in [5, 5.41) is 8.49. The van der Waals surface area contributed by atoms with Crippen molar-refractivity contribution in [2.75, 3.05) is 6.61 Å². The van der Waals surface area contributed by atoms with Crippen LogP contribution in [0.3, 0.4) is 0 Å². The van der Waals surface area contributed by atoms with E-state index in [4.69, 9.17) is 4.74 Å². The molecule has 8 nitrogen and oxygen atoms in total. The molecule has 4 rings (SSSR count). The van der Waals surface area contributed by atoms with E-state index < -0.39 is 10.9 Å². The maximum absolute atomic E-state index is 12.7. The van der Waals surface area contributed by atoms with Crippen molar-refractivity contribution < 1.29 is 17.9 Å². The van der Waals surface area contributed by atoms with Crippen molar-refractivity contribution in [3.8, 4) is 0 Å². The molecule has 194 valence electrons. The Morgan fingerprint density at radius 1 is 1.19 bits per heavy atom. The molecule has 1 heterocycles. The fourth-order valence-corrected chi connectivity index (χ4v) is 6.36. The minimum atomic E-state index is -2.73. The molecule has 0 aliphatic heterocycles. The number of ether oxygens (including phenoxy) is 1. The molecule has 1 aliphatic carbocycles. The van der Waals surface area contributed by atoms with Gasteiger partial charge in [-0.05, 0) is 74.4 Å². The largest absolute Gasteiger partial charge is 0.466 e. The van der Waals surface area contributed by atoms with Gasteiger partial charge < -0.3 is 4.74 Å². The fourth-order valence-electron chi connectivity index (χ4n) is 5.50. The Bertz CT molecular complexity index is 1330. The first-order chi connectivity index (χ1) is 17.1. The lowest BCUT2D eigenvalue weighted by Gasteiger charge is -2.34. The molecule has 2 aromatic carbocycles. The summed E-state index contributed by atoms with van der Waals surface area (Å²) in [7, 11) is -0.873. The first-order valence-electron chi connectivity index (χ1n) is 12.6. The number of aryl methyl sites for hydroxylation is 3. The van der Waals surface area contributed by atoms with Crippen LogP contribution in [-0.4, -0.2) is 45.8 Å². The van der Waals surface area contributed by atoms with Gasteiger partial charge in [-0.2, -0.15) is 4.31 Å². The molecular formula is C27H36N4O4S. The van der Waals surface area contributed by atoms with Crippen LogP contribution in [0.25, 0.3) is 11.0 Å². The van der Waals surface area contributed by atoms with E-state index >= 15 is 0 Å². The summed E-state index contributed by atoms with van der Waals surface area (Å²) in [6, 6.07) is 10.1. The molecule has 0 bridgehead atoms. The third kappa shape index (κ3) is 5.18. The van der Waals surface area contributed by atoms with E-state index in [2.05, 4.69) is 16.4 Å². The highest BCUT2D eigenvalue weighted by molar-refractivity contribution is 7.69. The highest BCUT2D eigenvalue weighted by Gasteiger charge is 2.37. The van der Waals surface area contributed by atoms with E-state index in [-0.39, 0.29) is 23.8 Å². The van der Waals surface area contributed by atoms with E-state index in [0.29, 0.717) is 13.2 Å². The van der Waals surface area contributed by atoms with Crippen LogP contribution in [0.15, 0.2) is 30.3 Å². The van der Waals surface area contributed by atoms with Gasteiger partial charge in [0.05, 0.1) is 18.5 Å². The molecule has 1 atom stereocenters. The van der Waals surface area contributed by atoms with Gasteiger partial charge in [0.2, 0.25) is 10.9 Å². The monoisotopic (exact) mass is 512 g/mol. The number of fused-ring (bicyclic) bond motifs is 1. The summed E-state index contributed by atoms with van der Waals surface area (Å²) in [6.07, 6.45) is 4.01. The van der Waals surface area contributed by atoms with Crippen LogP contribution in [-0.2, 0) is 34.0 Å². The van der Waals surface area contributed by atoms with E-state index in [9.17, 15) is 13.2 Å². The number of carbonyl (C=O) groups is 1. The minimum Gasteiger partial charge on any atom is -0.466 e. The number of aromatic nitrogens is 3. The number of thiol groups is 1. The van der Waals surface area contributed by atoms with Gasteiger partial charge in [-0.1, -0.05) is 42.3 Å². The van der Waals surface area contributed by atoms with E-state index in [0.717, 1.165) is 64.5 Å². The van der Waals surface area contributed by atoms with Gasteiger partial charge >= 0.3 is 5.97 Å². The molecule has 1 aliphatic rings. The zero-order valence-corrected chi connectivity index (χ0v) is 22.7. The quantitative estimate of drug-likeness (QED) is 0.339. The van der Waals surface area contributed by atoms with Gasteiger partial charge in [0.25, 0.3) is 0 Å². The van der Waals surface area contributed by atoms with Gasteiger partial charge in [-0.15, -0.1) is 5.10 Å².